The molecule has 1 heterocycles. The summed E-state index contributed by atoms with van der Waals surface area (Å²) in [6.45, 7) is 4.96. The maximum atomic E-state index is 11.9. The molecule has 0 aliphatic carbocycles. The van der Waals surface area contributed by atoms with E-state index in [2.05, 4.69) is 15.4 Å². The van der Waals surface area contributed by atoms with Gasteiger partial charge >= 0.3 is 5.69 Å². The van der Waals surface area contributed by atoms with E-state index >= 15 is 0 Å². The molecule has 1 aromatic carbocycles. The van der Waals surface area contributed by atoms with Gasteiger partial charge in [0.05, 0.1) is 11.8 Å². The fraction of sp³-hybridized carbons (Fsp3) is 0.400. The van der Waals surface area contributed by atoms with Crippen molar-refractivity contribution < 1.29 is 9.53 Å². The molecule has 0 atom stereocenters. The molecule has 7 heteroatoms. The number of nitrogens with zero attached hydrogens (tertiary/aromatic N) is 2. The number of hydrogen-bond donors (Lipinski definition) is 2. The Bertz CT molecular complexity index is 661. The number of rotatable bonds is 7. The van der Waals surface area contributed by atoms with Crippen molar-refractivity contribution >= 4 is 5.91 Å². The molecular formula is C15H20N4O3. The van der Waals surface area contributed by atoms with Gasteiger partial charge in [0.2, 0.25) is 5.82 Å². The van der Waals surface area contributed by atoms with Gasteiger partial charge in [-0.05, 0) is 32.4 Å². The highest BCUT2D eigenvalue weighted by atomic mass is 16.5. The largest absolute Gasteiger partial charge is 0.379 e. The third-order valence-electron chi connectivity index (χ3n) is 2.89. The Hall–Kier alpha value is -2.41. The molecule has 2 N–H and O–H groups in total. The summed E-state index contributed by atoms with van der Waals surface area (Å²) in [4.78, 5) is 26.2. The highest BCUT2D eigenvalue weighted by molar-refractivity contribution is 5.90. The molecule has 0 fully saturated rings. The number of ether oxygens (including phenoxy) is 1. The molecule has 1 aromatic heterocycles. The minimum atomic E-state index is -0.445. The molecule has 7 nitrogen and oxygen atoms in total. The van der Waals surface area contributed by atoms with Crippen LogP contribution in [-0.2, 0) is 4.74 Å². The van der Waals surface area contributed by atoms with Crippen LogP contribution in [0.5, 0.6) is 0 Å². The number of benzene rings is 1. The zero-order valence-corrected chi connectivity index (χ0v) is 12.7. The fourth-order valence-corrected chi connectivity index (χ4v) is 1.85. The Morgan fingerprint density at radius 2 is 2.09 bits per heavy atom. The van der Waals surface area contributed by atoms with Crippen LogP contribution in [0.3, 0.4) is 0 Å². The topological polar surface area (TPSA) is 89.0 Å². The van der Waals surface area contributed by atoms with Gasteiger partial charge in [0.15, 0.2) is 0 Å². The Balaban J connectivity index is 1.93. The summed E-state index contributed by atoms with van der Waals surface area (Å²) in [5.74, 6) is -0.407. The predicted molar refractivity (Wildman–Crippen MR) is 82.2 cm³/mol. The van der Waals surface area contributed by atoms with E-state index in [9.17, 15) is 9.59 Å². The lowest BCUT2D eigenvalue weighted by Gasteiger charge is -2.07. The first-order valence-corrected chi connectivity index (χ1v) is 7.22. The average Bonchev–Trinajstić information content (AvgIpc) is 2.89. The van der Waals surface area contributed by atoms with Crippen LogP contribution in [-0.4, -0.2) is 39.9 Å². The zero-order valence-electron chi connectivity index (χ0n) is 12.7. The molecule has 22 heavy (non-hydrogen) atoms. The second-order valence-electron chi connectivity index (χ2n) is 5.06. The Labute approximate surface area is 128 Å². The highest BCUT2D eigenvalue weighted by Gasteiger charge is 2.13. The number of aromatic amines is 1. The van der Waals surface area contributed by atoms with Crippen LogP contribution < -0.4 is 11.0 Å². The summed E-state index contributed by atoms with van der Waals surface area (Å²) in [6.07, 6.45) is 0.877. The lowest BCUT2D eigenvalue weighted by molar-refractivity contribution is 0.0756. The smallest absolute Gasteiger partial charge is 0.348 e. The van der Waals surface area contributed by atoms with Gasteiger partial charge in [-0.2, -0.15) is 4.68 Å². The first-order valence-electron chi connectivity index (χ1n) is 7.22. The number of carbonyl (C=O) groups excluding carboxylic acids is 1. The van der Waals surface area contributed by atoms with Crippen molar-refractivity contribution in [2.45, 2.75) is 26.4 Å². The molecule has 0 aliphatic heterocycles. The second kappa shape index (κ2) is 7.56. The lowest BCUT2D eigenvalue weighted by atomic mass is 10.3. The molecule has 2 aromatic rings. The number of hydrogen-bond acceptors (Lipinski definition) is 4. The molecule has 0 saturated carbocycles. The molecule has 1 amide bonds. The fourth-order valence-electron chi connectivity index (χ4n) is 1.85. The lowest BCUT2D eigenvalue weighted by Crippen LogP contribution is -2.27. The molecule has 118 valence electrons. The van der Waals surface area contributed by atoms with E-state index in [1.807, 2.05) is 19.9 Å². The molecule has 0 radical (unpaired) electrons. The van der Waals surface area contributed by atoms with Crippen LogP contribution in [0.4, 0.5) is 0 Å². The monoisotopic (exact) mass is 304 g/mol. The average molecular weight is 304 g/mol. The first kappa shape index (κ1) is 16.0. The summed E-state index contributed by atoms with van der Waals surface area (Å²) >= 11 is 0. The van der Waals surface area contributed by atoms with Crippen molar-refractivity contribution in [3.05, 3.63) is 46.6 Å². The quantitative estimate of drug-likeness (QED) is 0.750. The van der Waals surface area contributed by atoms with Gasteiger partial charge in [-0.3, -0.25) is 9.78 Å². The van der Waals surface area contributed by atoms with E-state index in [1.165, 1.54) is 0 Å². The standard InChI is InChI=1S/C15H20N4O3/c1-11(2)22-10-6-9-16-14(20)13-17-15(21)19(18-13)12-7-4-3-5-8-12/h3-5,7-8,11H,6,9-10H2,1-2H3,(H,16,20)(H,17,18,21). The van der Waals surface area contributed by atoms with Crippen molar-refractivity contribution in [2.24, 2.45) is 0 Å². The van der Waals surface area contributed by atoms with Gasteiger partial charge < -0.3 is 10.1 Å². The minimum Gasteiger partial charge on any atom is -0.379 e. The van der Waals surface area contributed by atoms with Crippen LogP contribution in [0.15, 0.2) is 35.1 Å². The number of H-pyrrole nitrogens is 1. The summed E-state index contributed by atoms with van der Waals surface area (Å²) in [5, 5.41) is 6.71. The van der Waals surface area contributed by atoms with Crippen LogP contribution >= 0.6 is 0 Å². The summed E-state index contributed by atoms with van der Waals surface area (Å²) in [6, 6.07) is 8.92. The molecule has 0 spiro atoms. The third-order valence-corrected chi connectivity index (χ3v) is 2.89. The number of nitrogens with one attached hydrogen (secondary N) is 2. The van der Waals surface area contributed by atoms with Crippen LogP contribution in [0.2, 0.25) is 0 Å². The molecule has 0 bridgehead atoms. The Morgan fingerprint density at radius 3 is 2.77 bits per heavy atom. The van der Waals surface area contributed by atoms with E-state index in [4.69, 9.17) is 4.74 Å². The van der Waals surface area contributed by atoms with Gasteiger partial charge in [-0.15, -0.1) is 5.10 Å². The Kier molecular flexibility index (Phi) is 5.48. The van der Waals surface area contributed by atoms with E-state index in [0.717, 1.165) is 4.68 Å². The highest BCUT2D eigenvalue weighted by Crippen LogP contribution is 2.02. The number of para-hydroxylation sites is 1. The minimum absolute atomic E-state index is 0.00127. The van der Waals surface area contributed by atoms with E-state index in [-0.39, 0.29) is 11.9 Å². The van der Waals surface area contributed by atoms with Gasteiger partial charge in [-0.25, -0.2) is 4.79 Å². The maximum absolute atomic E-state index is 11.9. The summed E-state index contributed by atoms with van der Waals surface area (Å²) in [7, 11) is 0. The SMILES string of the molecule is CC(C)OCCCNC(=O)c1nn(-c2ccccc2)c(=O)[nH]1. The van der Waals surface area contributed by atoms with Crippen LogP contribution in [0.1, 0.15) is 30.9 Å². The maximum Gasteiger partial charge on any atom is 0.348 e. The second-order valence-corrected chi connectivity index (χ2v) is 5.06. The molecule has 0 saturated heterocycles. The molecule has 0 unspecified atom stereocenters. The third kappa shape index (κ3) is 4.29. The van der Waals surface area contributed by atoms with E-state index in [0.29, 0.717) is 25.3 Å². The number of amides is 1. The summed E-state index contributed by atoms with van der Waals surface area (Å²) < 4.78 is 6.55. The van der Waals surface area contributed by atoms with Gasteiger partial charge in [0.1, 0.15) is 0 Å². The normalized spacial score (nSPS) is 10.9. The van der Waals surface area contributed by atoms with Crippen molar-refractivity contribution in [1.29, 1.82) is 0 Å². The Morgan fingerprint density at radius 1 is 1.36 bits per heavy atom. The summed E-state index contributed by atoms with van der Waals surface area (Å²) in [5.41, 5.74) is 0.160. The van der Waals surface area contributed by atoms with Gasteiger partial charge in [-0.1, -0.05) is 18.2 Å². The van der Waals surface area contributed by atoms with Crippen LogP contribution in [0, 0.1) is 0 Å². The van der Waals surface area contributed by atoms with E-state index in [1.54, 1.807) is 24.3 Å². The number of carbonyl (C=O) groups is 1. The van der Waals surface area contributed by atoms with Crippen molar-refractivity contribution in [2.75, 3.05) is 13.2 Å². The molecular weight excluding hydrogens is 284 g/mol. The predicted octanol–water partition coefficient (Wildman–Crippen LogP) is 1.11. The first-order chi connectivity index (χ1) is 10.6. The van der Waals surface area contributed by atoms with Crippen molar-refractivity contribution in [3.63, 3.8) is 0 Å². The van der Waals surface area contributed by atoms with Crippen molar-refractivity contribution in [1.82, 2.24) is 20.1 Å². The van der Waals surface area contributed by atoms with Gasteiger partial charge in [0.25, 0.3) is 5.91 Å². The molecule has 2 rings (SSSR count). The zero-order chi connectivity index (χ0) is 15.9. The van der Waals surface area contributed by atoms with Gasteiger partial charge in [0, 0.05) is 13.2 Å². The van der Waals surface area contributed by atoms with E-state index < -0.39 is 11.6 Å². The number of aromatic nitrogens is 3. The van der Waals surface area contributed by atoms with Crippen molar-refractivity contribution in [3.8, 4) is 5.69 Å². The van der Waals surface area contributed by atoms with Crippen LogP contribution in [0.25, 0.3) is 5.69 Å². The molecule has 0 aliphatic rings.